The maximum absolute atomic E-state index is 2.51. The molecule has 2 rings (SSSR count). The Balaban J connectivity index is 0. The molecule has 0 aromatic heterocycles. The number of rotatable bonds is 4. The molecule has 0 N–H and O–H groups in total. The first-order valence-electron chi connectivity index (χ1n) is 6.17. The minimum atomic E-state index is -0.660. The predicted octanol–water partition coefficient (Wildman–Crippen LogP) is 6.04. The van der Waals surface area contributed by atoms with E-state index >= 15 is 0 Å². The molecule has 1 aliphatic carbocycles. The molecule has 0 saturated heterocycles. The number of hydrogen-bond donors (Lipinski definition) is 0. The van der Waals surface area contributed by atoms with Crippen molar-refractivity contribution >= 4 is 51.2 Å². The van der Waals surface area contributed by atoms with E-state index < -0.39 is 22.9 Å². The molecule has 1 aromatic carbocycles. The minimum absolute atomic E-state index is 0. The van der Waals surface area contributed by atoms with Crippen molar-refractivity contribution < 1.29 is 22.9 Å². The molecule has 0 bridgehead atoms. The maximum atomic E-state index is 2.51. The van der Waals surface area contributed by atoms with Gasteiger partial charge in [0.05, 0.1) is 0 Å². The van der Waals surface area contributed by atoms with Crippen molar-refractivity contribution in [2.24, 2.45) is 0 Å². The van der Waals surface area contributed by atoms with E-state index in [2.05, 4.69) is 63.6 Å². The summed E-state index contributed by atoms with van der Waals surface area (Å²) in [4.78, 5) is 0. The molecule has 0 fully saturated rings. The van der Waals surface area contributed by atoms with Gasteiger partial charge in [-0.05, 0) is 0 Å². The molecule has 1 aliphatic rings. The summed E-state index contributed by atoms with van der Waals surface area (Å²) < 4.78 is 1.48. The minimum Gasteiger partial charge on any atom is -0.147 e. The third-order valence-corrected chi connectivity index (χ3v) is 11.9. The molecule has 1 atom stereocenters. The first-order valence-corrected chi connectivity index (χ1v) is 12.5. The van der Waals surface area contributed by atoms with Gasteiger partial charge in [-0.25, -0.2) is 0 Å². The van der Waals surface area contributed by atoms with Crippen LogP contribution in [0.15, 0.2) is 30.3 Å². The number of allylic oxidation sites excluding steroid dienone is 1. The van der Waals surface area contributed by atoms with E-state index in [-0.39, 0.29) is 45.1 Å². The Morgan fingerprint density at radius 2 is 1.70 bits per heavy atom. The van der Waals surface area contributed by atoms with Gasteiger partial charge in [0.25, 0.3) is 0 Å². The Kier molecular flexibility index (Phi) is 11.7. The summed E-state index contributed by atoms with van der Waals surface area (Å²) in [6.45, 7) is 9.85. The third kappa shape index (κ3) is 6.49. The number of halogens is 3. The number of benzene rings is 1. The van der Waals surface area contributed by atoms with E-state index in [1.54, 1.807) is 5.56 Å². The molecule has 20 heavy (non-hydrogen) atoms. The maximum Gasteiger partial charge on any atom is -0.147 e. The second-order valence-corrected chi connectivity index (χ2v) is 16.3. The number of fused-ring (bicyclic) bond motifs is 1. The SMILES string of the molecule is CP(C)C[C](C)(C)[Hf][CH]1C=Cc2ccccc21.Cl.Cl.Cl. The van der Waals surface area contributed by atoms with Gasteiger partial charge in [0.2, 0.25) is 0 Å². The van der Waals surface area contributed by atoms with Crippen molar-refractivity contribution in [3.63, 3.8) is 0 Å². The Bertz CT molecular complexity index is 433. The first kappa shape index (κ1) is 23.4. The molecule has 0 aliphatic heterocycles. The van der Waals surface area contributed by atoms with Crippen molar-refractivity contribution in [2.45, 2.75) is 20.7 Å². The molecule has 0 heterocycles. The molecule has 0 nitrogen and oxygen atoms in total. The second kappa shape index (κ2) is 10.0. The van der Waals surface area contributed by atoms with Gasteiger partial charge in [-0.15, -0.1) is 37.2 Å². The van der Waals surface area contributed by atoms with E-state index in [0.29, 0.717) is 3.17 Å². The standard InChI is InChI=1S/C9H7.C6H14P.3ClH.Hf/c1-2-5-9-7-3-6-8(9)4-1;1-6(2)5-7(3)4;;;;/h1-7H;5H2,1-4H3;3*1H;. The van der Waals surface area contributed by atoms with Crippen LogP contribution in [0.25, 0.3) is 6.08 Å². The summed E-state index contributed by atoms with van der Waals surface area (Å²) in [5.74, 6) is 0. The van der Waals surface area contributed by atoms with Gasteiger partial charge < -0.3 is 0 Å². The topological polar surface area (TPSA) is 0 Å². The Hall–Kier alpha value is 1.13. The fourth-order valence-corrected chi connectivity index (χ4v) is 13.9. The van der Waals surface area contributed by atoms with E-state index in [4.69, 9.17) is 0 Å². The number of hydrogen-bond acceptors (Lipinski definition) is 0. The molecule has 1 aromatic rings. The smallest absolute Gasteiger partial charge is 0.147 e. The van der Waals surface area contributed by atoms with Crippen LogP contribution >= 0.6 is 45.1 Å². The summed E-state index contributed by atoms with van der Waals surface area (Å²) in [7, 11) is 0.249. The van der Waals surface area contributed by atoms with Crippen molar-refractivity contribution in [3.05, 3.63) is 41.5 Å². The third-order valence-electron chi connectivity index (χ3n) is 3.06. The predicted molar refractivity (Wildman–Crippen MR) is 97.6 cm³/mol. The van der Waals surface area contributed by atoms with E-state index in [1.807, 2.05) is 0 Å². The summed E-state index contributed by atoms with van der Waals surface area (Å²) >= 11 is -0.660. The van der Waals surface area contributed by atoms with Crippen LogP contribution < -0.4 is 0 Å². The zero-order valence-corrected chi connectivity index (χ0v) is 19.4. The zero-order chi connectivity index (χ0) is 12.5. The quantitative estimate of drug-likeness (QED) is 0.336. The second-order valence-electron chi connectivity index (χ2n) is 5.73. The molecule has 1 unspecified atom stereocenters. The van der Waals surface area contributed by atoms with Gasteiger partial charge in [0.15, 0.2) is 0 Å². The van der Waals surface area contributed by atoms with Crippen molar-refractivity contribution in [1.29, 1.82) is 0 Å². The molecular weight excluding hydrogens is 496 g/mol. The van der Waals surface area contributed by atoms with Crippen LogP contribution in [0.2, 0.25) is 3.17 Å². The summed E-state index contributed by atoms with van der Waals surface area (Å²) in [6.07, 6.45) is 6.27. The molecule has 0 radical (unpaired) electrons. The van der Waals surface area contributed by atoms with Crippen LogP contribution in [-0.2, 0) is 22.9 Å². The van der Waals surface area contributed by atoms with Crippen LogP contribution in [0.4, 0.5) is 0 Å². The molecular formula is C15H24Cl3HfP. The van der Waals surface area contributed by atoms with Crippen LogP contribution in [0.1, 0.15) is 28.6 Å². The monoisotopic (exact) mass is 520 g/mol. The first-order chi connectivity index (χ1) is 7.98. The fraction of sp³-hybridized carbons (Fsp3) is 0.467. The average Bonchev–Trinajstić information content (AvgIpc) is 2.59. The van der Waals surface area contributed by atoms with Gasteiger partial charge in [-0.1, -0.05) is 0 Å². The average molecular weight is 520 g/mol. The fourth-order valence-electron chi connectivity index (χ4n) is 2.63. The summed E-state index contributed by atoms with van der Waals surface area (Å²) in [5, 5.41) is 0. The Morgan fingerprint density at radius 3 is 2.30 bits per heavy atom. The van der Waals surface area contributed by atoms with Crippen LogP contribution in [-0.4, -0.2) is 19.5 Å². The van der Waals surface area contributed by atoms with Gasteiger partial charge in [0.1, 0.15) is 0 Å². The molecule has 5 heteroatoms. The van der Waals surface area contributed by atoms with Crippen LogP contribution in [0.5, 0.6) is 0 Å². The summed E-state index contributed by atoms with van der Waals surface area (Å²) in [5.41, 5.74) is 3.08. The molecule has 114 valence electrons. The zero-order valence-electron chi connectivity index (χ0n) is 12.4. The Morgan fingerprint density at radius 1 is 1.10 bits per heavy atom. The van der Waals surface area contributed by atoms with Crippen molar-refractivity contribution in [1.82, 2.24) is 0 Å². The van der Waals surface area contributed by atoms with Crippen LogP contribution in [0, 0.1) is 0 Å². The van der Waals surface area contributed by atoms with E-state index in [9.17, 15) is 0 Å². The normalized spacial score (nSPS) is 15.8. The van der Waals surface area contributed by atoms with Crippen molar-refractivity contribution in [3.8, 4) is 0 Å². The van der Waals surface area contributed by atoms with Gasteiger partial charge in [-0.3, -0.25) is 0 Å². The van der Waals surface area contributed by atoms with E-state index in [1.165, 1.54) is 11.7 Å². The molecule has 0 amide bonds. The van der Waals surface area contributed by atoms with E-state index in [0.717, 1.165) is 3.67 Å². The molecule has 0 spiro atoms. The summed E-state index contributed by atoms with van der Waals surface area (Å²) in [6, 6.07) is 8.95. The van der Waals surface area contributed by atoms with Gasteiger partial charge in [-0.2, -0.15) is 0 Å². The Labute approximate surface area is 154 Å². The van der Waals surface area contributed by atoms with Gasteiger partial charge in [0, 0.05) is 0 Å². The molecule has 0 saturated carbocycles. The van der Waals surface area contributed by atoms with Crippen LogP contribution in [0.3, 0.4) is 0 Å². The van der Waals surface area contributed by atoms with Crippen molar-refractivity contribution in [2.75, 3.05) is 19.5 Å². The largest absolute Gasteiger partial charge is 0.147 e. The van der Waals surface area contributed by atoms with Gasteiger partial charge >= 0.3 is 119 Å².